The Bertz CT molecular complexity index is 1110. The third-order valence-electron chi connectivity index (χ3n) is 4.07. The van der Waals surface area contributed by atoms with Gasteiger partial charge in [-0.3, -0.25) is 10.2 Å². The maximum Gasteiger partial charge on any atom is 0.279 e. The van der Waals surface area contributed by atoms with Crippen LogP contribution in [0.25, 0.3) is 0 Å². The lowest BCUT2D eigenvalue weighted by molar-refractivity contribution is -0.112. The lowest BCUT2D eigenvalue weighted by atomic mass is 10.1. The number of fused-ring (bicyclic) bond motifs is 1. The molecule has 0 aliphatic carbocycles. The van der Waals surface area contributed by atoms with E-state index in [1.165, 1.54) is 29.2 Å². The molecule has 0 bridgehead atoms. The number of thiocarbonyl (C=S) groups is 1. The topological polar surface area (TPSA) is 117 Å². The van der Waals surface area contributed by atoms with E-state index in [-0.39, 0.29) is 21.6 Å². The molecule has 2 aromatic carbocycles. The van der Waals surface area contributed by atoms with Crippen molar-refractivity contribution in [1.29, 1.82) is 0 Å². The van der Waals surface area contributed by atoms with E-state index in [4.69, 9.17) is 29.0 Å². The Balaban J connectivity index is 1.77. The van der Waals surface area contributed by atoms with Crippen molar-refractivity contribution in [3.63, 3.8) is 0 Å². The number of likely N-dealkylation sites (N-methyl/N-ethyl adjacent to an activating group) is 1. The van der Waals surface area contributed by atoms with E-state index in [0.717, 1.165) is 11.3 Å². The monoisotopic (exact) mass is 437 g/mol. The number of carbonyl (C=O) groups is 1. The van der Waals surface area contributed by atoms with E-state index in [9.17, 15) is 13.2 Å². The van der Waals surface area contributed by atoms with Crippen LogP contribution in [0.5, 0.6) is 0 Å². The zero-order valence-electron chi connectivity index (χ0n) is 14.9. The molecule has 1 heterocycles. The minimum atomic E-state index is -3.77. The number of primary sulfonamides is 1. The second-order valence-electron chi connectivity index (χ2n) is 6.08. The van der Waals surface area contributed by atoms with Gasteiger partial charge in [0.1, 0.15) is 0 Å². The Morgan fingerprint density at radius 3 is 2.50 bits per heavy atom. The number of hydrazone groups is 1. The number of halogens is 1. The maximum absolute atomic E-state index is 12.5. The first-order valence-corrected chi connectivity index (χ1v) is 10.3. The average molecular weight is 438 g/mol. The van der Waals surface area contributed by atoms with Crippen LogP contribution < -0.4 is 20.8 Å². The minimum absolute atomic E-state index is 0.0133. The quantitative estimate of drug-likeness (QED) is 0.499. The number of amides is 1. The number of nitrogens with one attached hydrogen (secondary N) is 2. The van der Waals surface area contributed by atoms with Crippen LogP contribution in [0.1, 0.15) is 11.1 Å². The third kappa shape index (κ3) is 3.99. The smallest absolute Gasteiger partial charge is 0.279 e. The van der Waals surface area contributed by atoms with Gasteiger partial charge in [0.05, 0.1) is 10.6 Å². The van der Waals surface area contributed by atoms with Crippen LogP contribution in [0.3, 0.4) is 0 Å². The first-order chi connectivity index (χ1) is 13.1. The van der Waals surface area contributed by atoms with Crippen molar-refractivity contribution in [2.45, 2.75) is 11.8 Å². The molecule has 0 spiro atoms. The summed E-state index contributed by atoms with van der Waals surface area (Å²) in [5.74, 6) is -0.284. The van der Waals surface area contributed by atoms with Crippen LogP contribution in [0.2, 0.25) is 5.02 Å². The summed E-state index contributed by atoms with van der Waals surface area (Å²) in [5.41, 5.74) is 5.56. The van der Waals surface area contributed by atoms with Crippen LogP contribution in [-0.4, -0.2) is 32.2 Å². The zero-order chi connectivity index (χ0) is 20.6. The molecule has 28 heavy (non-hydrogen) atoms. The fourth-order valence-electron chi connectivity index (χ4n) is 2.84. The molecular weight excluding hydrogens is 422 g/mol. The van der Waals surface area contributed by atoms with E-state index in [1.807, 2.05) is 6.92 Å². The molecule has 3 rings (SSSR count). The van der Waals surface area contributed by atoms with E-state index >= 15 is 0 Å². The second-order valence-corrected chi connectivity index (χ2v) is 8.48. The van der Waals surface area contributed by atoms with E-state index in [2.05, 4.69) is 15.8 Å². The van der Waals surface area contributed by atoms with Crippen LogP contribution in [0, 0.1) is 6.92 Å². The van der Waals surface area contributed by atoms with Gasteiger partial charge >= 0.3 is 0 Å². The van der Waals surface area contributed by atoms with Gasteiger partial charge in [-0.15, -0.1) is 0 Å². The molecule has 8 nitrogen and oxygen atoms in total. The molecule has 1 aliphatic heterocycles. The summed E-state index contributed by atoms with van der Waals surface area (Å²) in [5, 5.41) is 12.7. The number of rotatable bonds is 3. The highest BCUT2D eigenvalue weighted by molar-refractivity contribution is 7.89. The lowest BCUT2D eigenvalue weighted by Gasteiger charge is -2.11. The maximum atomic E-state index is 12.5. The normalized spacial score (nSPS) is 14.9. The number of nitrogens with two attached hydrogens (primary N) is 1. The molecule has 2 aromatic rings. The van der Waals surface area contributed by atoms with Gasteiger partial charge in [0.25, 0.3) is 5.91 Å². The predicted molar refractivity (Wildman–Crippen MR) is 113 cm³/mol. The fourth-order valence-corrected chi connectivity index (χ4v) is 3.79. The standard InChI is InChI=1S/C17H16ClN5O3S2/c1-9-7-10(18)8-13-14(16(24)23(2)15(9)13)21-22-17(27)20-11-3-5-12(6-4-11)28(19,25)26/h3-8H,1-2H3,(H2,19,25,26)(H2,20,22,27). The van der Waals surface area contributed by atoms with Gasteiger partial charge in [-0.1, -0.05) is 11.6 Å². The summed E-state index contributed by atoms with van der Waals surface area (Å²) in [4.78, 5) is 14.0. The molecule has 4 N–H and O–H groups in total. The third-order valence-corrected chi connectivity index (χ3v) is 5.41. The molecular formula is C17H16ClN5O3S2. The molecule has 0 fully saturated rings. The van der Waals surface area contributed by atoms with Gasteiger partial charge < -0.3 is 10.2 Å². The minimum Gasteiger partial charge on any atom is -0.331 e. The number of anilines is 2. The molecule has 0 atom stereocenters. The molecule has 0 aromatic heterocycles. The van der Waals surface area contributed by atoms with Crippen LogP contribution in [0.15, 0.2) is 46.4 Å². The average Bonchev–Trinajstić information content (AvgIpc) is 2.83. The number of benzene rings is 2. The fraction of sp³-hybridized carbons (Fsp3) is 0.118. The predicted octanol–water partition coefficient (Wildman–Crippen LogP) is 1.96. The van der Waals surface area contributed by atoms with Crippen molar-refractivity contribution in [3.8, 4) is 0 Å². The van der Waals surface area contributed by atoms with Gasteiger partial charge in [-0.2, -0.15) is 5.10 Å². The zero-order valence-corrected chi connectivity index (χ0v) is 17.2. The van der Waals surface area contributed by atoms with Crippen molar-refractivity contribution >= 4 is 61.9 Å². The summed E-state index contributed by atoms with van der Waals surface area (Å²) >= 11 is 11.3. The lowest BCUT2D eigenvalue weighted by Crippen LogP contribution is -2.30. The Labute approximate surface area is 172 Å². The molecule has 11 heteroatoms. The summed E-state index contributed by atoms with van der Waals surface area (Å²) < 4.78 is 22.6. The number of hydrogen-bond acceptors (Lipinski definition) is 5. The summed E-state index contributed by atoms with van der Waals surface area (Å²) in [6.45, 7) is 1.86. The molecule has 0 unspecified atom stereocenters. The number of aryl methyl sites for hydroxylation is 1. The summed E-state index contributed by atoms with van der Waals surface area (Å²) in [6, 6.07) is 9.17. The number of sulfonamides is 1. The Morgan fingerprint density at radius 2 is 1.89 bits per heavy atom. The first kappa shape index (κ1) is 20.2. The number of hydrogen-bond donors (Lipinski definition) is 3. The first-order valence-electron chi connectivity index (χ1n) is 7.94. The molecule has 0 radical (unpaired) electrons. The highest BCUT2D eigenvalue weighted by atomic mass is 35.5. The highest BCUT2D eigenvalue weighted by Gasteiger charge is 2.33. The van der Waals surface area contributed by atoms with Crippen molar-refractivity contribution < 1.29 is 13.2 Å². The van der Waals surface area contributed by atoms with Gasteiger partial charge in [-0.05, 0) is 61.1 Å². The molecule has 1 aliphatic rings. The molecule has 146 valence electrons. The van der Waals surface area contributed by atoms with E-state index < -0.39 is 10.0 Å². The van der Waals surface area contributed by atoms with Gasteiger partial charge in [0.15, 0.2) is 10.8 Å². The highest BCUT2D eigenvalue weighted by Crippen LogP contribution is 2.34. The summed E-state index contributed by atoms with van der Waals surface area (Å²) in [7, 11) is -2.11. The number of nitrogens with zero attached hydrogens (tertiary/aromatic N) is 2. The Kier molecular flexibility index (Phi) is 5.39. The van der Waals surface area contributed by atoms with Gasteiger partial charge in [0.2, 0.25) is 10.0 Å². The van der Waals surface area contributed by atoms with Crippen LogP contribution >= 0.6 is 23.8 Å². The van der Waals surface area contributed by atoms with Gasteiger partial charge in [0, 0.05) is 23.3 Å². The van der Waals surface area contributed by atoms with Crippen molar-refractivity contribution in [2.75, 3.05) is 17.3 Å². The van der Waals surface area contributed by atoms with Crippen molar-refractivity contribution in [2.24, 2.45) is 10.2 Å². The van der Waals surface area contributed by atoms with Gasteiger partial charge in [-0.25, -0.2) is 13.6 Å². The number of carbonyl (C=O) groups excluding carboxylic acids is 1. The van der Waals surface area contributed by atoms with E-state index in [0.29, 0.717) is 16.3 Å². The largest absolute Gasteiger partial charge is 0.331 e. The Morgan fingerprint density at radius 1 is 1.25 bits per heavy atom. The summed E-state index contributed by atoms with van der Waals surface area (Å²) in [6.07, 6.45) is 0. The van der Waals surface area contributed by atoms with Crippen LogP contribution in [0.4, 0.5) is 11.4 Å². The molecule has 0 saturated carbocycles. The van der Waals surface area contributed by atoms with Crippen molar-refractivity contribution in [1.82, 2.24) is 5.43 Å². The van der Waals surface area contributed by atoms with Crippen LogP contribution in [-0.2, 0) is 14.8 Å². The Hall–Kier alpha value is -2.53. The van der Waals surface area contributed by atoms with Crippen molar-refractivity contribution in [3.05, 3.63) is 52.5 Å². The molecule has 1 amide bonds. The SMILES string of the molecule is Cc1cc(Cl)cc2c1N(C)C(=O)C2=NNC(=S)Nc1ccc(S(N)(=O)=O)cc1. The van der Waals surface area contributed by atoms with E-state index in [1.54, 1.807) is 19.2 Å². The molecule has 0 saturated heterocycles. The second kappa shape index (κ2) is 7.47.